The molecule has 0 unspecified atom stereocenters. The predicted molar refractivity (Wildman–Crippen MR) is 62.0 cm³/mol. The highest BCUT2D eigenvalue weighted by molar-refractivity contribution is 6.42. The number of H-pyrrole nitrogens is 1. The molecular formula is C9H8Cl2N4O. The number of halogens is 2. The molecule has 0 aliphatic rings. The van der Waals surface area contributed by atoms with Crippen molar-refractivity contribution in [3.63, 3.8) is 0 Å². The van der Waals surface area contributed by atoms with E-state index in [4.69, 9.17) is 23.2 Å². The van der Waals surface area contributed by atoms with E-state index in [2.05, 4.69) is 15.3 Å². The smallest absolute Gasteiger partial charge is 0.274 e. The first kappa shape index (κ1) is 11.0. The van der Waals surface area contributed by atoms with Gasteiger partial charge in [0.05, 0.1) is 5.02 Å². The number of aromatic amines is 1. The van der Waals surface area contributed by atoms with Crippen molar-refractivity contribution in [1.29, 1.82) is 0 Å². The third kappa shape index (κ3) is 1.91. The van der Waals surface area contributed by atoms with Crippen LogP contribution in [0.1, 0.15) is 10.5 Å². The van der Waals surface area contributed by atoms with Crippen LogP contribution in [0.15, 0.2) is 18.5 Å². The molecular weight excluding hydrogens is 251 g/mol. The minimum Gasteiger partial charge on any atom is -0.331 e. The summed E-state index contributed by atoms with van der Waals surface area (Å²) in [4.78, 5) is 18.4. The monoisotopic (exact) mass is 258 g/mol. The summed E-state index contributed by atoms with van der Waals surface area (Å²) in [6.07, 6.45) is 3.15. The Morgan fingerprint density at radius 3 is 2.81 bits per heavy atom. The van der Waals surface area contributed by atoms with Crippen molar-refractivity contribution in [2.24, 2.45) is 7.05 Å². The van der Waals surface area contributed by atoms with E-state index in [1.807, 2.05) is 0 Å². The molecule has 16 heavy (non-hydrogen) atoms. The molecule has 1 amide bonds. The Hall–Kier alpha value is -1.46. The second-order valence-corrected chi connectivity index (χ2v) is 3.88. The molecule has 0 saturated carbocycles. The SMILES string of the molecule is Cn1c(C(=O)Nc2ncc[nH]2)cc(Cl)c1Cl. The molecule has 2 heterocycles. The second-order valence-electron chi connectivity index (χ2n) is 3.12. The first-order chi connectivity index (χ1) is 7.59. The lowest BCUT2D eigenvalue weighted by molar-refractivity contribution is 0.101. The Kier molecular flexibility index (Phi) is 2.89. The van der Waals surface area contributed by atoms with Crippen LogP contribution in [0, 0.1) is 0 Å². The zero-order valence-corrected chi connectivity index (χ0v) is 9.80. The van der Waals surface area contributed by atoms with Gasteiger partial charge < -0.3 is 9.55 Å². The Labute approximate surface area is 101 Å². The molecule has 2 aromatic rings. The van der Waals surface area contributed by atoms with Crippen LogP contribution in [-0.2, 0) is 7.05 Å². The van der Waals surface area contributed by atoms with Crippen molar-refractivity contribution in [1.82, 2.24) is 14.5 Å². The first-order valence-corrected chi connectivity index (χ1v) is 5.16. The van der Waals surface area contributed by atoms with Crippen LogP contribution in [0.4, 0.5) is 5.95 Å². The minimum atomic E-state index is -0.328. The molecule has 2 N–H and O–H groups in total. The van der Waals surface area contributed by atoms with Crippen molar-refractivity contribution >= 4 is 35.1 Å². The number of nitrogens with one attached hydrogen (secondary N) is 2. The van der Waals surface area contributed by atoms with E-state index in [-0.39, 0.29) is 5.91 Å². The number of hydrogen-bond acceptors (Lipinski definition) is 2. The van der Waals surface area contributed by atoms with Crippen LogP contribution in [0.5, 0.6) is 0 Å². The number of rotatable bonds is 2. The average Bonchev–Trinajstić information content (AvgIpc) is 2.83. The molecule has 0 atom stereocenters. The maximum absolute atomic E-state index is 11.8. The molecule has 7 heteroatoms. The molecule has 0 saturated heterocycles. The number of carbonyl (C=O) groups excluding carboxylic acids is 1. The molecule has 0 aliphatic heterocycles. The van der Waals surface area contributed by atoms with Crippen molar-refractivity contribution in [3.05, 3.63) is 34.3 Å². The second kappa shape index (κ2) is 4.19. The number of hydrogen-bond donors (Lipinski definition) is 2. The maximum Gasteiger partial charge on any atom is 0.274 e. The van der Waals surface area contributed by atoms with Gasteiger partial charge in [0, 0.05) is 19.4 Å². The van der Waals surface area contributed by atoms with Crippen LogP contribution in [-0.4, -0.2) is 20.4 Å². The summed E-state index contributed by atoms with van der Waals surface area (Å²) in [6, 6.07) is 1.50. The number of imidazole rings is 1. The van der Waals surface area contributed by atoms with Crippen molar-refractivity contribution in [2.45, 2.75) is 0 Å². The normalized spacial score (nSPS) is 10.4. The van der Waals surface area contributed by atoms with Gasteiger partial charge in [-0.05, 0) is 6.07 Å². The van der Waals surface area contributed by atoms with Crippen LogP contribution in [0.25, 0.3) is 0 Å². The predicted octanol–water partition coefficient (Wildman–Crippen LogP) is 2.31. The van der Waals surface area contributed by atoms with Gasteiger partial charge in [0.15, 0.2) is 0 Å². The lowest BCUT2D eigenvalue weighted by Crippen LogP contribution is -2.16. The van der Waals surface area contributed by atoms with E-state index in [1.54, 1.807) is 19.4 Å². The zero-order valence-electron chi connectivity index (χ0n) is 8.29. The molecule has 2 aromatic heterocycles. The average molecular weight is 259 g/mol. The fraction of sp³-hybridized carbons (Fsp3) is 0.111. The van der Waals surface area contributed by atoms with Gasteiger partial charge >= 0.3 is 0 Å². The van der Waals surface area contributed by atoms with Crippen LogP contribution >= 0.6 is 23.2 Å². The molecule has 84 valence electrons. The highest BCUT2D eigenvalue weighted by atomic mass is 35.5. The van der Waals surface area contributed by atoms with Crippen molar-refractivity contribution in [3.8, 4) is 0 Å². The molecule has 0 fully saturated rings. The summed E-state index contributed by atoms with van der Waals surface area (Å²) in [5, 5.41) is 3.24. The molecule has 2 rings (SSSR count). The lowest BCUT2D eigenvalue weighted by Gasteiger charge is -2.03. The number of anilines is 1. The first-order valence-electron chi connectivity index (χ1n) is 4.41. The number of aromatic nitrogens is 3. The summed E-state index contributed by atoms with van der Waals surface area (Å²) in [5.74, 6) is 0.0460. The van der Waals surface area contributed by atoms with Gasteiger partial charge in [0.1, 0.15) is 10.8 Å². The molecule has 0 bridgehead atoms. The van der Waals surface area contributed by atoms with Gasteiger partial charge in [0.2, 0.25) is 5.95 Å². The lowest BCUT2D eigenvalue weighted by atomic mass is 10.4. The summed E-state index contributed by atoms with van der Waals surface area (Å²) < 4.78 is 1.50. The van der Waals surface area contributed by atoms with Crippen LogP contribution in [0.3, 0.4) is 0 Å². The number of nitrogens with zero attached hydrogens (tertiary/aromatic N) is 2. The van der Waals surface area contributed by atoms with Crippen molar-refractivity contribution in [2.75, 3.05) is 5.32 Å². The summed E-state index contributed by atoms with van der Waals surface area (Å²) in [7, 11) is 1.66. The van der Waals surface area contributed by atoms with Gasteiger partial charge in [-0.15, -0.1) is 0 Å². The number of carbonyl (C=O) groups is 1. The third-order valence-electron chi connectivity index (χ3n) is 2.08. The zero-order chi connectivity index (χ0) is 11.7. The molecule has 0 aliphatic carbocycles. The third-order valence-corrected chi connectivity index (χ3v) is 2.92. The van der Waals surface area contributed by atoms with E-state index >= 15 is 0 Å². The maximum atomic E-state index is 11.8. The van der Waals surface area contributed by atoms with Crippen molar-refractivity contribution < 1.29 is 4.79 Å². The summed E-state index contributed by atoms with van der Waals surface area (Å²) in [6.45, 7) is 0. The van der Waals surface area contributed by atoms with Gasteiger partial charge in [-0.1, -0.05) is 23.2 Å². The highest BCUT2D eigenvalue weighted by Gasteiger charge is 2.16. The van der Waals surface area contributed by atoms with Gasteiger partial charge in [-0.25, -0.2) is 4.98 Å². The molecule has 0 spiro atoms. The van der Waals surface area contributed by atoms with Crippen LogP contribution < -0.4 is 5.32 Å². The Morgan fingerprint density at radius 1 is 1.56 bits per heavy atom. The molecule has 0 aromatic carbocycles. The van der Waals surface area contributed by atoms with Gasteiger partial charge in [-0.3, -0.25) is 10.1 Å². The fourth-order valence-electron chi connectivity index (χ4n) is 1.27. The van der Waals surface area contributed by atoms with E-state index in [9.17, 15) is 4.79 Å². The van der Waals surface area contributed by atoms with Gasteiger partial charge in [0.25, 0.3) is 5.91 Å². The van der Waals surface area contributed by atoms with E-state index in [0.717, 1.165) is 0 Å². The summed E-state index contributed by atoms with van der Waals surface area (Å²) in [5.41, 5.74) is 0.367. The topological polar surface area (TPSA) is 62.7 Å². The Morgan fingerprint density at radius 2 is 2.31 bits per heavy atom. The highest BCUT2D eigenvalue weighted by Crippen LogP contribution is 2.25. The van der Waals surface area contributed by atoms with Crippen LogP contribution in [0.2, 0.25) is 10.2 Å². The number of amides is 1. The Balaban J connectivity index is 2.24. The Bertz CT molecular complexity index is 518. The largest absolute Gasteiger partial charge is 0.331 e. The molecule has 5 nitrogen and oxygen atoms in total. The molecule has 0 radical (unpaired) electrons. The quantitative estimate of drug-likeness (QED) is 0.869. The van der Waals surface area contributed by atoms with E-state index in [1.165, 1.54) is 10.6 Å². The summed E-state index contributed by atoms with van der Waals surface area (Å²) >= 11 is 11.7. The standard InChI is InChI=1S/C9H8Cl2N4O/c1-15-6(4-5(10)7(15)11)8(16)14-9-12-2-3-13-9/h2-4H,1H3,(H2,12,13,14,16). The fourth-order valence-corrected chi connectivity index (χ4v) is 1.64. The minimum absolute atomic E-state index is 0.325. The van der Waals surface area contributed by atoms with E-state index in [0.29, 0.717) is 21.8 Å². The van der Waals surface area contributed by atoms with E-state index < -0.39 is 0 Å². The van der Waals surface area contributed by atoms with Gasteiger partial charge in [-0.2, -0.15) is 0 Å².